The molecule has 1 aromatic heterocycles. The number of hydrogen-bond acceptors (Lipinski definition) is 4. The molecule has 21 heavy (non-hydrogen) atoms. The topological polar surface area (TPSA) is 63.6 Å². The van der Waals surface area contributed by atoms with Gasteiger partial charge in [0.1, 0.15) is 5.75 Å². The highest BCUT2D eigenvalue weighted by atomic mass is 16.5. The zero-order valence-electron chi connectivity index (χ0n) is 11.8. The number of benzene rings is 1. The van der Waals surface area contributed by atoms with E-state index in [-0.39, 0.29) is 12.5 Å². The number of ether oxygens (including phenoxy) is 1. The number of pyridine rings is 1. The summed E-state index contributed by atoms with van der Waals surface area (Å²) in [6.45, 7) is 2.02. The lowest BCUT2D eigenvalue weighted by molar-refractivity contribution is -0.123. The van der Waals surface area contributed by atoms with E-state index in [0.717, 1.165) is 12.0 Å². The van der Waals surface area contributed by atoms with Crippen LogP contribution in [0.25, 0.3) is 0 Å². The maximum absolute atomic E-state index is 11.6. The second-order valence-electron chi connectivity index (χ2n) is 4.36. The number of carbonyl (C=O) groups excluding carboxylic acids is 1. The first-order chi connectivity index (χ1) is 10.3. The van der Waals surface area contributed by atoms with Gasteiger partial charge in [0.05, 0.1) is 6.21 Å². The minimum absolute atomic E-state index is 0.0703. The zero-order valence-corrected chi connectivity index (χ0v) is 11.8. The summed E-state index contributed by atoms with van der Waals surface area (Å²) in [7, 11) is 0. The normalized spacial score (nSPS) is 10.5. The molecule has 1 heterocycles. The van der Waals surface area contributed by atoms with Gasteiger partial charge in [-0.3, -0.25) is 9.78 Å². The molecule has 0 unspecified atom stereocenters. The van der Waals surface area contributed by atoms with Crippen LogP contribution < -0.4 is 10.2 Å². The Morgan fingerprint density at radius 2 is 1.95 bits per heavy atom. The van der Waals surface area contributed by atoms with Gasteiger partial charge in [0.15, 0.2) is 6.61 Å². The van der Waals surface area contributed by atoms with Gasteiger partial charge in [0.25, 0.3) is 5.91 Å². The van der Waals surface area contributed by atoms with E-state index in [4.69, 9.17) is 4.74 Å². The lowest BCUT2D eigenvalue weighted by atomic mass is 10.2. The smallest absolute Gasteiger partial charge is 0.277 e. The van der Waals surface area contributed by atoms with E-state index in [2.05, 4.69) is 22.4 Å². The van der Waals surface area contributed by atoms with Gasteiger partial charge in [-0.2, -0.15) is 5.10 Å². The fourth-order valence-corrected chi connectivity index (χ4v) is 1.63. The van der Waals surface area contributed by atoms with Gasteiger partial charge in [-0.1, -0.05) is 19.1 Å². The van der Waals surface area contributed by atoms with Crippen molar-refractivity contribution in [1.82, 2.24) is 10.4 Å². The number of rotatable bonds is 6. The fraction of sp³-hybridized carbons (Fsp3) is 0.188. The van der Waals surface area contributed by atoms with Crippen molar-refractivity contribution in [2.45, 2.75) is 13.3 Å². The number of hydrogen-bond donors (Lipinski definition) is 1. The molecule has 5 nitrogen and oxygen atoms in total. The van der Waals surface area contributed by atoms with Crippen molar-refractivity contribution in [1.29, 1.82) is 0 Å². The average molecular weight is 283 g/mol. The summed E-state index contributed by atoms with van der Waals surface area (Å²) in [5, 5.41) is 3.85. The number of amides is 1. The number of nitrogens with one attached hydrogen (secondary N) is 1. The molecule has 0 atom stereocenters. The summed E-state index contributed by atoms with van der Waals surface area (Å²) < 4.78 is 5.37. The van der Waals surface area contributed by atoms with Crippen LogP contribution in [0.1, 0.15) is 18.1 Å². The molecule has 0 saturated heterocycles. The van der Waals surface area contributed by atoms with Gasteiger partial charge in [0.2, 0.25) is 0 Å². The van der Waals surface area contributed by atoms with E-state index in [1.807, 2.05) is 24.3 Å². The van der Waals surface area contributed by atoms with Gasteiger partial charge in [-0.05, 0) is 41.8 Å². The van der Waals surface area contributed by atoms with E-state index in [1.165, 1.54) is 5.56 Å². The molecule has 0 aliphatic rings. The summed E-state index contributed by atoms with van der Waals surface area (Å²) in [5.74, 6) is 0.361. The summed E-state index contributed by atoms with van der Waals surface area (Å²) in [5.41, 5.74) is 4.50. The Hall–Kier alpha value is -2.69. The van der Waals surface area contributed by atoms with Crippen LogP contribution in [-0.2, 0) is 11.2 Å². The fourth-order valence-electron chi connectivity index (χ4n) is 1.63. The Morgan fingerprint density at radius 1 is 1.24 bits per heavy atom. The molecule has 2 rings (SSSR count). The van der Waals surface area contributed by atoms with Crippen LogP contribution in [0.2, 0.25) is 0 Å². The van der Waals surface area contributed by atoms with Crippen LogP contribution in [0.4, 0.5) is 0 Å². The van der Waals surface area contributed by atoms with Crippen molar-refractivity contribution in [2.75, 3.05) is 6.61 Å². The maximum Gasteiger partial charge on any atom is 0.277 e. The predicted molar refractivity (Wildman–Crippen MR) is 81.3 cm³/mol. The van der Waals surface area contributed by atoms with E-state index in [1.54, 1.807) is 30.7 Å². The second-order valence-corrected chi connectivity index (χ2v) is 4.36. The van der Waals surface area contributed by atoms with Crippen LogP contribution in [0.3, 0.4) is 0 Å². The Balaban J connectivity index is 1.75. The molecule has 1 aromatic carbocycles. The number of aromatic nitrogens is 1. The number of carbonyl (C=O) groups is 1. The number of hydrazone groups is 1. The van der Waals surface area contributed by atoms with Crippen molar-refractivity contribution < 1.29 is 9.53 Å². The Bertz CT molecular complexity index is 595. The lowest BCUT2D eigenvalue weighted by Gasteiger charge is -2.05. The standard InChI is InChI=1S/C16H17N3O2/c1-2-13-3-5-15(6-4-13)21-12-16(20)19-18-11-14-7-9-17-10-8-14/h3-11H,2,12H2,1H3,(H,19,20). The van der Waals surface area contributed by atoms with Crippen molar-refractivity contribution in [3.8, 4) is 5.75 Å². The summed E-state index contributed by atoms with van der Waals surface area (Å²) in [6.07, 6.45) is 5.85. The molecule has 0 spiro atoms. The largest absolute Gasteiger partial charge is 0.484 e. The molecular formula is C16H17N3O2. The molecule has 0 aliphatic heterocycles. The van der Waals surface area contributed by atoms with Crippen LogP contribution in [0, 0.1) is 0 Å². The van der Waals surface area contributed by atoms with E-state index < -0.39 is 0 Å². The number of aryl methyl sites for hydroxylation is 1. The molecule has 5 heteroatoms. The molecule has 0 fully saturated rings. The summed E-state index contributed by atoms with van der Waals surface area (Å²) in [4.78, 5) is 15.5. The van der Waals surface area contributed by atoms with E-state index in [9.17, 15) is 4.79 Å². The second kappa shape index (κ2) is 7.79. The minimum Gasteiger partial charge on any atom is -0.484 e. The van der Waals surface area contributed by atoms with Crippen LogP contribution in [0.15, 0.2) is 53.9 Å². The van der Waals surface area contributed by atoms with Gasteiger partial charge in [0, 0.05) is 12.4 Å². The van der Waals surface area contributed by atoms with Crippen molar-refractivity contribution in [3.63, 3.8) is 0 Å². The third kappa shape index (κ3) is 5.06. The first kappa shape index (κ1) is 14.7. The minimum atomic E-state index is -0.306. The molecule has 0 radical (unpaired) electrons. The van der Waals surface area contributed by atoms with Gasteiger partial charge < -0.3 is 4.74 Å². The summed E-state index contributed by atoms with van der Waals surface area (Å²) >= 11 is 0. The monoisotopic (exact) mass is 283 g/mol. The van der Waals surface area contributed by atoms with Gasteiger partial charge in [-0.15, -0.1) is 0 Å². The van der Waals surface area contributed by atoms with Crippen molar-refractivity contribution in [2.24, 2.45) is 5.10 Å². The highest BCUT2D eigenvalue weighted by molar-refractivity contribution is 5.82. The van der Waals surface area contributed by atoms with Gasteiger partial charge >= 0.3 is 0 Å². The van der Waals surface area contributed by atoms with Crippen LogP contribution >= 0.6 is 0 Å². The first-order valence-electron chi connectivity index (χ1n) is 6.71. The third-order valence-electron chi connectivity index (χ3n) is 2.81. The molecule has 0 saturated carbocycles. The molecule has 108 valence electrons. The molecule has 0 aliphatic carbocycles. The highest BCUT2D eigenvalue weighted by Gasteiger charge is 2.01. The van der Waals surface area contributed by atoms with Crippen molar-refractivity contribution >= 4 is 12.1 Å². The number of nitrogens with zero attached hydrogens (tertiary/aromatic N) is 2. The third-order valence-corrected chi connectivity index (χ3v) is 2.81. The predicted octanol–water partition coefficient (Wildman–Crippen LogP) is 2.17. The molecule has 0 bridgehead atoms. The van der Waals surface area contributed by atoms with Gasteiger partial charge in [-0.25, -0.2) is 5.43 Å². The van der Waals surface area contributed by atoms with E-state index in [0.29, 0.717) is 5.75 Å². The van der Waals surface area contributed by atoms with Crippen LogP contribution in [-0.4, -0.2) is 23.7 Å². The molecule has 1 N–H and O–H groups in total. The quantitative estimate of drug-likeness (QED) is 0.653. The Kier molecular flexibility index (Phi) is 5.46. The maximum atomic E-state index is 11.6. The molecule has 1 amide bonds. The van der Waals surface area contributed by atoms with E-state index >= 15 is 0 Å². The molecule has 2 aromatic rings. The Morgan fingerprint density at radius 3 is 2.62 bits per heavy atom. The summed E-state index contributed by atoms with van der Waals surface area (Å²) in [6, 6.07) is 11.3. The lowest BCUT2D eigenvalue weighted by Crippen LogP contribution is -2.24. The molecular weight excluding hydrogens is 266 g/mol. The van der Waals surface area contributed by atoms with Crippen LogP contribution in [0.5, 0.6) is 5.75 Å². The Labute approximate surface area is 123 Å². The van der Waals surface area contributed by atoms with Crippen molar-refractivity contribution in [3.05, 3.63) is 59.9 Å². The highest BCUT2D eigenvalue weighted by Crippen LogP contribution is 2.12. The SMILES string of the molecule is CCc1ccc(OCC(=O)NN=Cc2ccncc2)cc1. The zero-order chi connectivity index (χ0) is 14.9. The first-order valence-corrected chi connectivity index (χ1v) is 6.71. The average Bonchev–Trinajstić information content (AvgIpc) is 2.54.